The van der Waals surface area contributed by atoms with E-state index < -0.39 is 18.2 Å². The molecule has 1 amide bonds. The molecule has 0 heterocycles. The van der Waals surface area contributed by atoms with E-state index in [1.807, 2.05) is 0 Å². The number of aliphatic hydroxyl groups excluding tert-OH is 2. The fourth-order valence-electron chi connectivity index (χ4n) is 8.14. The van der Waals surface area contributed by atoms with Crippen LogP contribution in [-0.4, -0.2) is 46.9 Å². The van der Waals surface area contributed by atoms with Gasteiger partial charge in [0.1, 0.15) is 6.10 Å². The normalized spacial score (nSPS) is 13.5. The van der Waals surface area contributed by atoms with E-state index in [0.717, 1.165) is 70.6 Å². The van der Waals surface area contributed by atoms with E-state index in [-0.39, 0.29) is 24.9 Å². The number of ether oxygens (including phenoxy) is 1. The predicted octanol–water partition coefficient (Wildman–Crippen LogP) is 16.1. The molecule has 0 radical (unpaired) electrons. The Kier molecular flexibility index (Phi) is 47.6. The highest BCUT2D eigenvalue weighted by atomic mass is 16.5. The third-order valence-corrected chi connectivity index (χ3v) is 12.2. The number of carbonyl (C=O) groups is 2. The fourth-order valence-corrected chi connectivity index (χ4v) is 8.14. The molecule has 0 aromatic heterocycles. The minimum atomic E-state index is -0.794. The van der Waals surface area contributed by atoms with Gasteiger partial charge in [-0.1, -0.05) is 237 Å². The van der Waals surface area contributed by atoms with E-state index in [0.29, 0.717) is 19.3 Å². The molecule has 0 bridgehead atoms. The van der Waals surface area contributed by atoms with Crippen LogP contribution in [0.15, 0.2) is 36.5 Å². The summed E-state index contributed by atoms with van der Waals surface area (Å²) in [7, 11) is 0. The minimum Gasteiger partial charge on any atom is -0.462 e. The van der Waals surface area contributed by atoms with Crippen LogP contribution in [0.1, 0.15) is 278 Å². The molecular formula is C55H103NO5. The summed E-state index contributed by atoms with van der Waals surface area (Å²) in [6, 6.07) is -0.710. The third-order valence-electron chi connectivity index (χ3n) is 12.2. The number of unbranched alkanes of at least 4 members (excludes halogenated alkanes) is 30. The summed E-state index contributed by atoms with van der Waals surface area (Å²) in [5.74, 6) is -0.500. The van der Waals surface area contributed by atoms with E-state index in [1.54, 1.807) is 0 Å². The zero-order chi connectivity index (χ0) is 44.5. The molecule has 0 saturated carbocycles. The highest BCUT2D eigenvalue weighted by Crippen LogP contribution is 2.18. The lowest BCUT2D eigenvalue weighted by atomic mass is 10.0. The van der Waals surface area contributed by atoms with E-state index in [2.05, 4.69) is 62.5 Å². The Morgan fingerprint density at radius 1 is 0.475 bits per heavy atom. The van der Waals surface area contributed by atoms with Gasteiger partial charge in [0.05, 0.1) is 25.2 Å². The van der Waals surface area contributed by atoms with Crippen molar-refractivity contribution in [3.05, 3.63) is 36.5 Å². The van der Waals surface area contributed by atoms with Gasteiger partial charge in [-0.3, -0.25) is 9.59 Å². The highest BCUT2D eigenvalue weighted by molar-refractivity contribution is 5.77. The molecule has 0 saturated heterocycles. The van der Waals surface area contributed by atoms with Crippen LogP contribution in [0.4, 0.5) is 0 Å². The van der Waals surface area contributed by atoms with Gasteiger partial charge in [-0.25, -0.2) is 0 Å². The SMILES string of the molecule is CCCCC/C=C\C/C=C\C/C=C\CCCCC(CC(=O)NC(CO)C(O)CCCCCCCCCCC)OC(=O)CCCCCCCCCCCCCCCCCCCC. The van der Waals surface area contributed by atoms with Crippen molar-refractivity contribution in [2.45, 2.75) is 296 Å². The Morgan fingerprint density at radius 3 is 1.28 bits per heavy atom. The summed E-state index contributed by atoms with van der Waals surface area (Å²) >= 11 is 0. The quantitative estimate of drug-likeness (QED) is 0.0322. The molecule has 358 valence electrons. The monoisotopic (exact) mass is 858 g/mol. The van der Waals surface area contributed by atoms with Crippen LogP contribution < -0.4 is 5.32 Å². The molecule has 3 unspecified atom stereocenters. The molecule has 0 aromatic rings. The van der Waals surface area contributed by atoms with Gasteiger partial charge in [0.25, 0.3) is 0 Å². The van der Waals surface area contributed by atoms with Crippen LogP contribution >= 0.6 is 0 Å². The van der Waals surface area contributed by atoms with Gasteiger partial charge >= 0.3 is 5.97 Å². The van der Waals surface area contributed by atoms with Gasteiger partial charge in [-0.05, 0) is 64.2 Å². The van der Waals surface area contributed by atoms with Gasteiger partial charge in [-0.2, -0.15) is 0 Å². The van der Waals surface area contributed by atoms with Crippen LogP contribution in [0.25, 0.3) is 0 Å². The molecule has 0 fully saturated rings. The van der Waals surface area contributed by atoms with Crippen molar-refractivity contribution >= 4 is 11.9 Å². The molecule has 0 aromatic carbocycles. The Bertz CT molecular complexity index is 1010. The molecule has 0 aliphatic rings. The Morgan fingerprint density at radius 2 is 0.836 bits per heavy atom. The molecule has 6 nitrogen and oxygen atoms in total. The number of hydrogen-bond acceptors (Lipinski definition) is 5. The molecule has 6 heteroatoms. The van der Waals surface area contributed by atoms with Crippen LogP contribution in [0.5, 0.6) is 0 Å². The summed E-state index contributed by atoms with van der Waals surface area (Å²) in [4.78, 5) is 26.1. The Hall–Kier alpha value is -1.92. The lowest BCUT2D eigenvalue weighted by Crippen LogP contribution is -2.46. The lowest BCUT2D eigenvalue weighted by Gasteiger charge is -2.24. The first kappa shape index (κ1) is 59.1. The van der Waals surface area contributed by atoms with E-state index in [1.165, 1.54) is 161 Å². The molecular weight excluding hydrogens is 755 g/mol. The lowest BCUT2D eigenvalue weighted by molar-refractivity contribution is -0.151. The second-order valence-electron chi connectivity index (χ2n) is 18.3. The number of nitrogens with one attached hydrogen (secondary N) is 1. The molecule has 3 N–H and O–H groups in total. The molecule has 0 aliphatic heterocycles. The number of amides is 1. The second-order valence-corrected chi connectivity index (χ2v) is 18.3. The average molecular weight is 858 g/mol. The van der Waals surface area contributed by atoms with Crippen molar-refractivity contribution in [2.24, 2.45) is 0 Å². The zero-order valence-electron chi connectivity index (χ0n) is 40.8. The number of rotatable bonds is 48. The first-order valence-corrected chi connectivity index (χ1v) is 26.7. The maximum absolute atomic E-state index is 13.2. The van der Waals surface area contributed by atoms with Gasteiger partial charge in [0.2, 0.25) is 5.91 Å². The number of esters is 1. The summed E-state index contributed by atoms with van der Waals surface area (Å²) in [5, 5.41) is 23.7. The largest absolute Gasteiger partial charge is 0.462 e. The second kappa shape index (κ2) is 49.1. The van der Waals surface area contributed by atoms with Crippen molar-refractivity contribution in [3.8, 4) is 0 Å². The molecule has 0 spiro atoms. The van der Waals surface area contributed by atoms with E-state index >= 15 is 0 Å². The fraction of sp³-hybridized carbons (Fsp3) is 0.855. The number of carbonyl (C=O) groups excluding carboxylic acids is 2. The van der Waals surface area contributed by atoms with E-state index in [4.69, 9.17) is 4.74 Å². The topological polar surface area (TPSA) is 95.9 Å². The standard InChI is InChI=1S/C55H103NO5/c1-4-7-10-13-16-19-21-23-25-26-27-29-31-33-36-39-42-45-48-55(60)61-51(46-43-40-37-35-32-30-28-24-22-20-17-14-11-8-5-2)49-54(59)56-52(50-57)53(58)47-44-41-38-34-18-15-12-9-6-3/h17,20,24,28,32,35,51-53,57-58H,4-16,18-19,21-23,25-27,29-31,33-34,36-50H2,1-3H3,(H,56,59)/b20-17-,28-24-,35-32-. The summed E-state index contributed by atoms with van der Waals surface area (Å²) in [6.45, 7) is 6.44. The number of aliphatic hydroxyl groups is 2. The maximum Gasteiger partial charge on any atom is 0.306 e. The van der Waals surface area contributed by atoms with Gasteiger partial charge < -0.3 is 20.3 Å². The van der Waals surface area contributed by atoms with Crippen molar-refractivity contribution in [1.29, 1.82) is 0 Å². The highest BCUT2D eigenvalue weighted by Gasteiger charge is 2.24. The Balaban J connectivity index is 4.56. The average Bonchev–Trinajstić information content (AvgIpc) is 3.25. The van der Waals surface area contributed by atoms with Crippen LogP contribution in [0, 0.1) is 0 Å². The van der Waals surface area contributed by atoms with Crippen molar-refractivity contribution in [1.82, 2.24) is 5.32 Å². The van der Waals surface area contributed by atoms with Gasteiger partial charge in [-0.15, -0.1) is 0 Å². The summed E-state index contributed by atoms with van der Waals surface area (Å²) < 4.78 is 5.92. The molecule has 0 rings (SSSR count). The summed E-state index contributed by atoms with van der Waals surface area (Å²) in [5.41, 5.74) is 0. The Labute approximate surface area is 379 Å². The number of hydrogen-bond donors (Lipinski definition) is 3. The third kappa shape index (κ3) is 44.5. The minimum absolute atomic E-state index is 0.0554. The van der Waals surface area contributed by atoms with E-state index in [9.17, 15) is 19.8 Å². The van der Waals surface area contributed by atoms with Crippen LogP contribution in [0.2, 0.25) is 0 Å². The van der Waals surface area contributed by atoms with Crippen LogP contribution in [-0.2, 0) is 14.3 Å². The molecule has 0 aliphatic carbocycles. The van der Waals surface area contributed by atoms with Crippen LogP contribution in [0.3, 0.4) is 0 Å². The summed E-state index contributed by atoms with van der Waals surface area (Å²) in [6.07, 6.45) is 57.9. The smallest absolute Gasteiger partial charge is 0.306 e. The molecule has 3 atom stereocenters. The zero-order valence-corrected chi connectivity index (χ0v) is 40.8. The predicted molar refractivity (Wildman–Crippen MR) is 264 cm³/mol. The van der Waals surface area contributed by atoms with Gasteiger partial charge in [0, 0.05) is 6.42 Å². The molecule has 61 heavy (non-hydrogen) atoms. The van der Waals surface area contributed by atoms with Crippen molar-refractivity contribution < 1.29 is 24.5 Å². The van der Waals surface area contributed by atoms with Crippen molar-refractivity contribution in [2.75, 3.05) is 6.61 Å². The van der Waals surface area contributed by atoms with Gasteiger partial charge in [0.15, 0.2) is 0 Å². The number of allylic oxidation sites excluding steroid dienone is 6. The van der Waals surface area contributed by atoms with Crippen molar-refractivity contribution in [3.63, 3.8) is 0 Å². The maximum atomic E-state index is 13.2. The first-order valence-electron chi connectivity index (χ1n) is 26.7. The first-order chi connectivity index (χ1) is 30.0.